The maximum absolute atomic E-state index is 11.5. The number of carboxylic acid groups (broad SMARTS) is 1. The molecule has 0 bridgehead atoms. The van der Waals surface area contributed by atoms with Crippen LogP contribution in [0.4, 0.5) is 4.79 Å². The first-order valence-electron chi connectivity index (χ1n) is 6.30. The van der Waals surface area contributed by atoms with E-state index in [9.17, 15) is 14.4 Å². The lowest BCUT2D eigenvalue weighted by Crippen LogP contribution is -2.44. The molecule has 110 valence electrons. The lowest BCUT2D eigenvalue weighted by molar-refractivity contribution is -0.137. The molecule has 7 heteroatoms. The number of urea groups is 1. The van der Waals surface area contributed by atoms with Gasteiger partial charge in [0.2, 0.25) is 5.91 Å². The van der Waals surface area contributed by atoms with Gasteiger partial charge in [0.25, 0.3) is 0 Å². The highest BCUT2D eigenvalue weighted by atomic mass is 16.4. The number of amides is 3. The largest absolute Gasteiger partial charge is 0.481 e. The third-order valence-corrected chi connectivity index (χ3v) is 2.28. The van der Waals surface area contributed by atoms with Gasteiger partial charge in [0, 0.05) is 26.6 Å². The standard InChI is InChI=1S/C12H23N3O4/c1-9(2)7-14-10(16)8-15(3)12(19)13-6-4-5-11(17)18/h9H,4-8H2,1-3H3,(H,13,19)(H,14,16)(H,17,18). The second-order valence-electron chi connectivity index (χ2n) is 4.78. The molecule has 0 saturated heterocycles. The monoisotopic (exact) mass is 273 g/mol. The average molecular weight is 273 g/mol. The normalized spacial score (nSPS) is 10.1. The smallest absolute Gasteiger partial charge is 0.317 e. The lowest BCUT2D eigenvalue weighted by Gasteiger charge is -2.17. The van der Waals surface area contributed by atoms with Crippen LogP contribution in [0.3, 0.4) is 0 Å². The van der Waals surface area contributed by atoms with Crippen molar-refractivity contribution in [2.75, 3.05) is 26.7 Å². The van der Waals surface area contributed by atoms with Gasteiger partial charge in [-0.2, -0.15) is 0 Å². The van der Waals surface area contributed by atoms with E-state index in [0.717, 1.165) is 0 Å². The average Bonchev–Trinajstić information content (AvgIpc) is 2.31. The van der Waals surface area contributed by atoms with Crippen molar-refractivity contribution in [2.45, 2.75) is 26.7 Å². The summed E-state index contributed by atoms with van der Waals surface area (Å²) in [5.41, 5.74) is 0. The predicted molar refractivity (Wildman–Crippen MR) is 70.7 cm³/mol. The van der Waals surface area contributed by atoms with Gasteiger partial charge < -0.3 is 20.6 Å². The highest BCUT2D eigenvalue weighted by molar-refractivity contribution is 5.83. The fourth-order valence-electron chi connectivity index (χ4n) is 1.23. The Hall–Kier alpha value is -1.79. The Morgan fingerprint density at radius 3 is 2.37 bits per heavy atom. The van der Waals surface area contributed by atoms with E-state index < -0.39 is 5.97 Å². The van der Waals surface area contributed by atoms with Gasteiger partial charge in [-0.3, -0.25) is 9.59 Å². The molecule has 0 radical (unpaired) electrons. The predicted octanol–water partition coefficient (Wildman–Crippen LogP) is 0.265. The zero-order valence-corrected chi connectivity index (χ0v) is 11.7. The van der Waals surface area contributed by atoms with Gasteiger partial charge in [-0.25, -0.2) is 4.79 Å². The summed E-state index contributed by atoms with van der Waals surface area (Å²) in [7, 11) is 1.52. The Morgan fingerprint density at radius 2 is 1.84 bits per heavy atom. The third-order valence-electron chi connectivity index (χ3n) is 2.28. The summed E-state index contributed by atoms with van der Waals surface area (Å²) in [5.74, 6) is -0.744. The molecule has 0 aromatic heterocycles. The number of carbonyl (C=O) groups excluding carboxylic acids is 2. The number of carboxylic acids is 1. The number of nitrogens with one attached hydrogen (secondary N) is 2. The van der Waals surface area contributed by atoms with Gasteiger partial charge in [0.1, 0.15) is 6.54 Å². The minimum absolute atomic E-state index is 0.0128. The van der Waals surface area contributed by atoms with Crippen LogP contribution in [0.15, 0.2) is 0 Å². The van der Waals surface area contributed by atoms with E-state index >= 15 is 0 Å². The summed E-state index contributed by atoms with van der Waals surface area (Å²) in [6.45, 7) is 4.81. The Kier molecular flexibility index (Phi) is 8.32. The van der Waals surface area contributed by atoms with Gasteiger partial charge in [-0.1, -0.05) is 13.8 Å². The highest BCUT2D eigenvalue weighted by Crippen LogP contribution is 1.90. The zero-order chi connectivity index (χ0) is 14.8. The number of aliphatic carboxylic acids is 1. The van der Waals surface area contributed by atoms with Crippen LogP contribution in [0.25, 0.3) is 0 Å². The number of rotatable bonds is 8. The second kappa shape index (κ2) is 9.18. The molecule has 0 heterocycles. The van der Waals surface area contributed by atoms with Gasteiger partial charge >= 0.3 is 12.0 Å². The Bertz CT molecular complexity index is 318. The molecule has 0 saturated carbocycles. The van der Waals surface area contributed by atoms with Crippen molar-refractivity contribution in [1.82, 2.24) is 15.5 Å². The molecular formula is C12H23N3O4. The number of hydrogen-bond acceptors (Lipinski definition) is 3. The summed E-state index contributed by atoms with van der Waals surface area (Å²) in [4.78, 5) is 34.6. The van der Waals surface area contributed by atoms with Crippen molar-refractivity contribution in [1.29, 1.82) is 0 Å². The summed E-state index contributed by atoms with van der Waals surface area (Å²) in [6, 6.07) is -0.384. The molecule has 0 aromatic rings. The summed E-state index contributed by atoms with van der Waals surface area (Å²) < 4.78 is 0. The van der Waals surface area contributed by atoms with E-state index in [2.05, 4.69) is 10.6 Å². The van der Waals surface area contributed by atoms with Crippen LogP contribution in [0.1, 0.15) is 26.7 Å². The molecule has 7 nitrogen and oxygen atoms in total. The van der Waals surface area contributed by atoms with Crippen molar-refractivity contribution in [3.63, 3.8) is 0 Å². The van der Waals surface area contributed by atoms with Crippen molar-refractivity contribution in [2.24, 2.45) is 5.92 Å². The second-order valence-corrected chi connectivity index (χ2v) is 4.78. The quantitative estimate of drug-likeness (QED) is 0.553. The number of likely N-dealkylation sites (N-methyl/N-ethyl adjacent to an activating group) is 1. The number of hydrogen-bond donors (Lipinski definition) is 3. The van der Waals surface area contributed by atoms with Crippen LogP contribution in [0.5, 0.6) is 0 Å². The summed E-state index contributed by atoms with van der Waals surface area (Å²) in [6.07, 6.45) is 0.382. The van der Waals surface area contributed by atoms with E-state index in [1.807, 2.05) is 13.8 Å². The molecule has 0 fully saturated rings. The fourth-order valence-corrected chi connectivity index (χ4v) is 1.23. The van der Waals surface area contributed by atoms with Crippen LogP contribution in [0, 0.1) is 5.92 Å². The molecule has 0 spiro atoms. The first-order valence-corrected chi connectivity index (χ1v) is 6.30. The van der Waals surface area contributed by atoms with Crippen molar-refractivity contribution < 1.29 is 19.5 Å². The lowest BCUT2D eigenvalue weighted by atomic mass is 10.2. The molecule has 0 atom stereocenters. The number of carbonyl (C=O) groups is 3. The SMILES string of the molecule is CC(C)CNC(=O)CN(C)C(=O)NCCCC(=O)O. The highest BCUT2D eigenvalue weighted by Gasteiger charge is 2.12. The minimum Gasteiger partial charge on any atom is -0.481 e. The van der Waals surface area contributed by atoms with Crippen molar-refractivity contribution in [3.05, 3.63) is 0 Å². The molecule has 0 aliphatic heterocycles. The molecule has 0 unspecified atom stereocenters. The molecular weight excluding hydrogens is 250 g/mol. The third kappa shape index (κ3) is 9.87. The van der Waals surface area contributed by atoms with Crippen LogP contribution < -0.4 is 10.6 Å². The van der Waals surface area contributed by atoms with Gasteiger partial charge in [-0.05, 0) is 12.3 Å². The summed E-state index contributed by atoms with van der Waals surface area (Å²) in [5, 5.41) is 13.7. The molecule has 0 rings (SSSR count). The zero-order valence-electron chi connectivity index (χ0n) is 11.7. The van der Waals surface area contributed by atoms with Crippen LogP contribution in [0.2, 0.25) is 0 Å². The molecule has 3 N–H and O–H groups in total. The van der Waals surface area contributed by atoms with Gasteiger partial charge in [-0.15, -0.1) is 0 Å². The van der Waals surface area contributed by atoms with Crippen LogP contribution in [-0.4, -0.2) is 54.6 Å². The van der Waals surface area contributed by atoms with Gasteiger partial charge in [0.05, 0.1) is 0 Å². The molecule has 0 aromatic carbocycles. The van der Waals surface area contributed by atoms with E-state index in [-0.39, 0.29) is 31.4 Å². The number of nitrogens with zero attached hydrogens (tertiary/aromatic N) is 1. The Balaban J connectivity index is 3.80. The maximum Gasteiger partial charge on any atom is 0.317 e. The van der Waals surface area contributed by atoms with E-state index in [1.54, 1.807) is 0 Å². The van der Waals surface area contributed by atoms with Crippen molar-refractivity contribution in [3.8, 4) is 0 Å². The van der Waals surface area contributed by atoms with E-state index in [4.69, 9.17) is 5.11 Å². The van der Waals surface area contributed by atoms with Crippen LogP contribution in [-0.2, 0) is 9.59 Å². The Morgan fingerprint density at radius 1 is 1.21 bits per heavy atom. The van der Waals surface area contributed by atoms with Gasteiger partial charge in [0.15, 0.2) is 0 Å². The molecule has 0 aliphatic rings. The maximum atomic E-state index is 11.5. The molecule has 0 aliphatic carbocycles. The summed E-state index contributed by atoms with van der Waals surface area (Å²) >= 11 is 0. The molecule has 19 heavy (non-hydrogen) atoms. The minimum atomic E-state index is -0.893. The fraction of sp³-hybridized carbons (Fsp3) is 0.750. The topological polar surface area (TPSA) is 98.7 Å². The Labute approximate surface area is 113 Å². The van der Waals surface area contributed by atoms with Crippen LogP contribution >= 0.6 is 0 Å². The van der Waals surface area contributed by atoms with E-state index in [1.165, 1.54) is 11.9 Å². The molecule has 3 amide bonds. The van der Waals surface area contributed by atoms with Crippen molar-refractivity contribution >= 4 is 17.9 Å². The first-order chi connectivity index (χ1) is 8.82. The van der Waals surface area contributed by atoms with E-state index in [0.29, 0.717) is 18.9 Å². The first kappa shape index (κ1) is 17.2.